The molecule has 6 heteroatoms. The van der Waals surface area contributed by atoms with Gasteiger partial charge in [0.25, 0.3) is 15.9 Å². The van der Waals surface area contributed by atoms with E-state index >= 15 is 0 Å². The predicted octanol–water partition coefficient (Wildman–Crippen LogP) is 2.91. The Bertz CT molecular complexity index is 1090. The molecule has 110 valence electrons. The molecule has 0 atom stereocenters. The van der Waals surface area contributed by atoms with Crippen molar-refractivity contribution in [2.75, 3.05) is 7.05 Å². The standard InChI is InChI=1S/C16H10FNO3S/c1-18-16(19)14-11-7-4-8-12(17)13(11)9-5-2-3-6-10(9)15(14)22(18,20)21/h2-8H,1H3. The van der Waals surface area contributed by atoms with Crippen LogP contribution in [0.5, 0.6) is 0 Å². The Morgan fingerprint density at radius 1 is 0.955 bits per heavy atom. The molecule has 0 aliphatic carbocycles. The first-order valence-electron chi connectivity index (χ1n) is 6.61. The average molecular weight is 315 g/mol. The first kappa shape index (κ1) is 13.2. The van der Waals surface area contributed by atoms with E-state index in [2.05, 4.69) is 0 Å². The van der Waals surface area contributed by atoms with Gasteiger partial charge >= 0.3 is 0 Å². The van der Waals surface area contributed by atoms with Gasteiger partial charge in [-0.15, -0.1) is 0 Å². The van der Waals surface area contributed by atoms with Crippen molar-refractivity contribution in [2.45, 2.75) is 4.90 Å². The topological polar surface area (TPSA) is 54.5 Å². The van der Waals surface area contributed by atoms with Crippen LogP contribution in [0.1, 0.15) is 10.4 Å². The Hall–Kier alpha value is -2.47. The third-order valence-corrected chi connectivity index (χ3v) is 5.90. The normalized spacial score (nSPS) is 16.5. The summed E-state index contributed by atoms with van der Waals surface area (Å²) in [5.74, 6) is -1.10. The lowest BCUT2D eigenvalue weighted by Crippen LogP contribution is -2.24. The van der Waals surface area contributed by atoms with Gasteiger partial charge in [0, 0.05) is 17.8 Å². The zero-order valence-corrected chi connectivity index (χ0v) is 12.3. The maximum Gasteiger partial charge on any atom is 0.269 e. The molecule has 0 saturated heterocycles. The molecule has 1 aliphatic heterocycles. The number of rotatable bonds is 0. The van der Waals surface area contributed by atoms with Gasteiger partial charge in [0.1, 0.15) is 10.7 Å². The summed E-state index contributed by atoms with van der Waals surface area (Å²) >= 11 is 0. The highest BCUT2D eigenvalue weighted by atomic mass is 32.2. The van der Waals surface area contributed by atoms with Crippen LogP contribution in [0, 0.1) is 5.82 Å². The van der Waals surface area contributed by atoms with Crippen LogP contribution in [0.3, 0.4) is 0 Å². The van der Waals surface area contributed by atoms with Crippen LogP contribution >= 0.6 is 0 Å². The molecule has 1 aliphatic rings. The minimum absolute atomic E-state index is 0.0336. The largest absolute Gasteiger partial charge is 0.269 e. The van der Waals surface area contributed by atoms with Gasteiger partial charge in [-0.05, 0) is 16.8 Å². The Labute approximate surface area is 125 Å². The summed E-state index contributed by atoms with van der Waals surface area (Å²) in [4.78, 5) is 12.4. The van der Waals surface area contributed by atoms with Crippen molar-refractivity contribution in [1.29, 1.82) is 0 Å². The zero-order valence-electron chi connectivity index (χ0n) is 11.5. The lowest BCUT2D eigenvalue weighted by atomic mass is 9.96. The van der Waals surface area contributed by atoms with Gasteiger partial charge in [0.2, 0.25) is 0 Å². The molecule has 0 saturated carbocycles. The van der Waals surface area contributed by atoms with Crippen LogP contribution in [0.25, 0.3) is 21.5 Å². The van der Waals surface area contributed by atoms with E-state index in [0.717, 1.165) is 0 Å². The molecule has 1 amide bonds. The van der Waals surface area contributed by atoms with E-state index in [4.69, 9.17) is 0 Å². The van der Waals surface area contributed by atoms with E-state index in [1.54, 1.807) is 30.3 Å². The fraction of sp³-hybridized carbons (Fsp3) is 0.0625. The van der Waals surface area contributed by atoms with Crippen LogP contribution in [0.15, 0.2) is 47.4 Å². The smallest absolute Gasteiger partial charge is 0.268 e. The summed E-state index contributed by atoms with van der Waals surface area (Å²) in [6.07, 6.45) is 0. The molecular formula is C16H10FNO3S. The summed E-state index contributed by atoms with van der Waals surface area (Å²) in [6, 6.07) is 11.0. The van der Waals surface area contributed by atoms with E-state index in [1.807, 2.05) is 0 Å². The maximum absolute atomic E-state index is 14.3. The van der Waals surface area contributed by atoms with E-state index < -0.39 is 21.7 Å². The molecule has 0 aromatic heterocycles. The summed E-state index contributed by atoms with van der Waals surface area (Å²) < 4.78 is 40.1. The molecule has 4 nitrogen and oxygen atoms in total. The molecule has 0 N–H and O–H groups in total. The van der Waals surface area contributed by atoms with E-state index in [1.165, 1.54) is 19.2 Å². The number of hydrogen-bond acceptors (Lipinski definition) is 3. The number of benzene rings is 3. The van der Waals surface area contributed by atoms with Crippen molar-refractivity contribution >= 4 is 37.5 Å². The number of hydrogen-bond donors (Lipinski definition) is 0. The molecule has 0 spiro atoms. The lowest BCUT2D eigenvalue weighted by Gasteiger charge is -2.09. The third kappa shape index (κ3) is 1.40. The fourth-order valence-corrected chi connectivity index (χ4v) is 4.54. The van der Waals surface area contributed by atoms with E-state index in [-0.39, 0.29) is 15.8 Å². The lowest BCUT2D eigenvalue weighted by molar-refractivity contribution is 0.0893. The molecule has 0 bridgehead atoms. The van der Waals surface area contributed by atoms with Gasteiger partial charge in [-0.25, -0.2) is 17.1 Å². The SMILES string of the molecule is CN1C(=O)c2c(c3ccccc3c3c(F)cccc23)S1(=O)=O. The van der Waals surface area contributed by atoms with Gasteiger partial charge < -0.3 is 0 Å². The quantitative estimate of drug-likeness (QED) is 0.599. The van der Waals surface area contributed by atoms with Crippen molar-refractivity contribution in [3.05, 3.63) is 53.8 Å². The highest BCUT2D eigenvalue weighted by molar-refractivity contribution is 7.90. The highest BCUT2D eigenvalue weighted by Gasteiger charge is 2.42. The predicted molar refractivity (Wildman–Crippen MR) is 80.7 cm³/mol. The molecule has 22 heavy (non-hydrogen) atoms. The van der Waals surface area contributed by atoms with Crippen LogP contribution in [0.2, 0.25) is 0 Å². The number of halogens is 1. The average Bonchev–Trinajstić information content (AvgIpc) is 2.69. The van der Waals surface area contributed by atoms with Crippen LogP contribution in [-0.2, 0) is 10.0 Å². The van der Waals surface area contributed by atoms with Crippen molar-refractivity contribution in [3.63, 3.8) is 0 Å². The minimum Gasteiger partial charge on any atom is -0.268 e. The number of carbonyl (C=O) groups excluding carboxylic acids is 1. The second-order valence-electron chi connectivity index (χ2n) is 5.19. The maximum atomic E-state index is 14.3. The Morgan fingerprint density at radius 3 is 2.32 bits per heavy atom. The minimum atomic E-state index is -3.90. The molecule has 0 radical (unpaired) electrons. The van der Waals surface area contributed by atoms with Gasteiger partial charge in [-0.1, -0.05) is 36.4 Å². The van der Waals surface area contributed by atoms with Crippen molar-refractivity contribution in [1.82, 2.24) is 4.31 Å². The van der Waals surface area contributed by atoms with Gasteiger partial charge in [-0.3, -0.25) is 4.79 Å². The molecule has 0 fully saturated rings. The van der Waals surface area contributed by atoms with Crippen LogP contribution in [0.4, 0.5) is 4.39 Å². The van der Waals surface area contributed by atoms with Crippen molar-refractivity contribution < 1.29 is 17.6 Å². The van der Waals surface area contributed by atoms with Gasteiger partial charge in [0.15, 0.2) is 0 Å². The Morgan fingerprint density at radius 2 is 1.59 bits per heavy atom. The second kappa shape index (κ2) is 4.04. The zero-order chi connectivity index (χ0) is 15.6. The van der Waals surface area contributed by atoms with Crippen molar-refractivity contribution in [3.8, 4) is 0 Å². The molecule has 0 unspecified atom stereocenters. The number of fused-ring (bicyclic) bond motifs is 6. The second-order valence-corrected chi connectivity index (χ2v) is 7.10. The summed E-state index contributed by atoms with van der Waals surface area (Å²) in [6.45, 7) is 0. The molecule has 4 rings (SSSR count). The van der Waals surface area contributed by atoms with E-state index in [0.29, 0.717) is 20.5 Å². The highest BCUT2D eigenvalue weighted by Crippen LogP contribution is 2.41. The Kier molecular flexibility index (Phi) is 2.43. The van der Waals surface area contributed by atoms with Crippen molar-refractivity contribution in [2.24, 2.45) is 0 Å². The first-order valence-corrected chi connectivity index (χ1v) is 8.05. The van der Waals surface area contributed by atoms with Crippen LogP contribution in [-0.4, -0.2) is 25.7 Å². The third-order valence-electron chi connectivity index (χ3n) is 4.07. The number of carbonyl (C=O) groups is 1. The van der Waals surface area contributed by atoms with Gasteiger partial charge in [-0.2, -0.15) is 0 Å². The molecule has 1 heterocycles. The van der Waals surface area contributed by atoms with Gasteiger partial charge in [0.05, 0.1) is 5.56 Å². The summed E-state index contributed by atoms with van der Waals surface area (Å²) in [5, 5.41) is 1.45. The Balaban J connectivity index is 2.43. The number of sulfonamides is 1. The summed E-state index contributed by atoms with van der Waals surface area (Å²) in [7, 11) is -2.68. The monoisotopic (exact) mass is 315 g/mol. The summed E-state index contributed by atoms with van der Waals surface area (Å²) in [5.41, 5.74) is 0.0516. The number of nitrogens with zero attached hydrogens (tertiary/aromatic N) is 1. The molecule has 3 aromatic rings. The molecular weight excluding hydrogens is 305 g/mol. The first-order chi connectivity index (χ1) is 10.4. The van der Waals surface area contributed by atoms with E-state index in [9.17, 15) is 17.6 Å². The molecule has 3 aromatic carbocycles. The van der Waals surface area contributed by atoms with Crippen LogP contribution < -0.4 is 0 Å². The fourth-order valence-electron chi connectivity index (χ4n) is 3.05. The number of amides is 1.